The van der Waals surface area contributed by atoms with Crippen LogP contribution in [0.25, 0.3) is 0 Å². The summed E-state index contributed by atoms with van der Waals surface area (Å²) in [5.74, 6) is -0.0439. The van der Waals surface area contributed by atoms with Crippen molar-refractivity contribution in [3.8, 4) is 0 Å². The molecule has 0 spiro atoms. The second-order valence-corrected chi connectivity index (χ2v) is 8.72. The van der Waals surface area contributed by atoms with Gasteiger partial charge in [0, 0.05) is 0 Å². The average molecular weight is 332 g/mol. The van der Waals surface area contributed by atoms with Gasteiger partial charge >= 0.3 is 59.1 Å². The molecule has 0 aromatic rings. The maximum absolute atomic E-state index is 11.0. The van der Waals surface area contributed by atoms with E-state index in [0.29, 0.717) is 18.8 Å². The van der Waals surface area contributed by atoms with Crippen LogP contribution in [0.4, 0.5) is 0 Å². The van der Waals surface area contributed by atoms with Gasteiger partial charge in [-0.25, -0.2) is 0 Å². The van der Waals surface area contributed by atoms with Crippen LogP contribution in [0.15, 0.2) is 0 Å². The fraction of sp³-hybridized carbons (Fsp3) is 1.00. The van der Waals surface area contributed by atoms with Gasteiger partial charge in [0.1, 0.15) is 0 Å². The number of rotatable bonds is 4. The van der Waals surface area contributed by atoms with Crippen molar-refractivity contribution in [1.82, 2.24) is 0 Å². The zero-order valence-corrected chi connectivity index (χ0v) is 17.1. The van der Waals surface area contributed by atoms with Crippen LogP contribution in [0.5, 0.6) is 0 Å². The van der Waals surface area contributed by atoms with Gasteiger partial charge in [-0.05, 0) is 24.7 Å². The predicted octanol–water partition coefficient (Wildman–Crippen LogP) is -6.44. The van der Waals surface area contributed by atoms with Gasteiger partial charge in [0.2, 0.25) is 0 Å². The van der Waals surface area contributed by atoms with Gasteiger partial charge in [-0.3, -0.25) is 0 Å². The maximum Gasteiger partial charge on any atom is 1.00 e. The van der Waals surface area contributed by atoms with Crippen LogP contribution in [0.1, 0.15) is 32.6 Å². The van der Waals surface area contributed by atoms with Crippen LogP contribution in [0.2, 0.25) is 0 Å². The Labute approximate surface area is 156 Å². The molecule has 102 valence electrons. The molecular formula is C8H16Na2O7P2. The van der Waals surface area contributed by atoms with Crippen LogP contribution in [-0.4, -0.2) is 20.0 Å². The molecule has 11 heteroatoms. The van der Waals surface area contributed by atoms with E-state index >= 15 is 0 Å². The van der Waals surface area contributed by atoms with Crippen molar-refractivity contribution in [3.05, 3.63) is 0 Å². The van der Waals surface area contributed by atoms with Crippen LogP contribution >= 0.6 is 15.2 Å². The molecule has 7 nitrogen and oxygen atoms in total. The van der Waals surface area contributed by atoms with Crippen LogP contribution in [0.3, 0.4) is 0 Å². The van der Waals surface area contributed by atoms with E-state index in [9.17, 15) is 24.0 Å². The molecule has 0 heterocycles. The first-order valence-corrected chi connectivity index (χ1v) is 8.43. The Morgan fingerprint density at radius 2 is 1.58 bits per heavy atom. The molecule has 1 aliphatic rings. The van der Waals surface area contributed by atoms with E-state index in [1.807, 2.05) is 6.92 Å². The van der Waals surface area contributed by atoms with Gasteiger partial charge in [0.05, 0.1) is 0 Å². The third kappa shape index (κ3) is 5.76. The second-order valence-electron chi connectivity index (χ2n) is 4.80. The zero-order chi connectivity index (χ0) is 13.5. The molecule has 1 saturated carbocycles. The van der Waals surface area contributed by atoms with Gasteiger partial charge in [0.25, 0.3) is 0 Å². The molecule has 0 aromatic carbocycles. The van der Waals surface area contributed by atoms with Crippen molar-refractivity contribution in [2.45, 2.75) is 37.7 Å². The summed E-state index contributed by atoms with van der Waals surface area (Å²) in [4.78, 5) is 39.6. The summed E-state index contributed by atoms with van der Waals surface area (Å²) < 4.78 is 21.9. The largest absolute Gasteiger partial charge is 1.00 e. The quantitative estimate of drug-likeness (QED) is 0.343. The summed E-state index contributed by atoms with van der Waals surface area (Å²) in [6.45, 7) is 1.92. The van der Waals surface area contributed by atoms with E-state index in [4.69, 9.17) is 9.79 Å². The van der Waals surface area contributed by atoms with E-state index in [2.05, 4.69) is 0 Å². The van der Waals surface area contributed by atoms with Crippen molar-refractivity contribution in [3.63, 3.8) is 0 Å². The third-order valence-electron chi connectivity index (χ3n) is 3.27. The Morgan fingerprint density at radius 3 is 1.84 bits per heavy atom. The molecule has 0 amide bonds. The SMILES string of the molecule is C[C@H]1CC[C@H](CC(O)(P(=O)([O-])O)P(=O)([O-])O)C1.[Na+].[Na+]. The maximum atomic E-state index is 11.0. The third-order valence-corrected chi connectivity index (χ3v) is 6.96. The van der Waals surface area contributed by atoms with Crippen molar-refractivity contribution in [1.29, 1.82) is 0 Å². The van der Waals surface area contributed by atoms with Crippen LogP contribution in [-0.2, 0) is 9.13 Å². The van der Waals surface area contributed by atoms with Gasteiger partial charge in [-0.15, -0.1) is 0 Å². The molecule has 1 aliphatic carbocycles. The number of hydrogen-bond acceptors (Lipinski definition) is 5. The van der Waals surface area contributed by atoms with E-state index < -0.39 is 26.7 Å². The van der Waals surface area contributed by atoms with Gasteiger partial charge in [-0.1, -0.05) is 19.8 Å². The minimum atomic E-state index is -5.60. The summed E-state index contributed by atoms with van der Waals surface area (Å²) >= 11 is 0. The molecule has 0 radical (unpaired) electrons. The molecule has 0 aliphatic heterocycles. The standard InChI is InChI=1S/C8H18O7P2.2Na/c1-6-2-3-7(4-6)5-8(9,16(10,11)12)17(13,14)15;;/h6-7,9H,2-5H2,1H3,(H2,10,11,12)(H2,13,14,15);;/q;2*+1/p-2/t6-,7-;;/m0../s1. The topological polar surface area (TPSA) is 141 Å². The molecular weight excluding hydrogens is 316 g/mol. The van der Waals surface area contributed by atoms with Crippen LogP contribution in [0, 0.1) is 11.8 Å². The fourth-order valence-electron chi connectivity index (χ4n) is 2.29. The van der Waals surface area contributed by atoms with E-state index in [1.54, 1.807) is 0 Å². The molecule has 2 unspecified atom stereocenters. The van der Waals surface area contributed by atoms with E-state index in [1.165, 1.54) is 0 Å². The molecule has 0 aromatic heterocycles. The van der Waals surface area contributed by atoms with Crippen molar-refractivity contribution >= 4 is 15.2 Å². The smallest absolute Gasteiger partial charge is 0.776 e. The van der Waals surface area contributed by atoms with Crippen molar-refractivity contribution in [2.24, 2.45) is 11.8 Å². The van der Waals surface area contributed by atoms with Gasteiger partial charge < -0.3 is 33.8 Å². The fourth-order valence-corrected chi connectivity index (χ4v) is 4.54. The number of aliphatic hydroxyl groups is 1. The molecule has 1 fully saturated rings. The Balaban J connectivity index is 0. The van der Waals surface area contributed by atoms with Gasteiger partial charge in [-0.2, -0.15) is 0 Å². The molecule has 0 saturated heterocycles. The average Bonchev–Trinajstić information content (AvgIpc) is 2.47. The van der Waals surface area contributed by atoms with E-state index in [-0.39, 0.29) is 65.0 Å². The summed E-state index contributed by atoms with van der Waals surface area (Å²) in [6.07, 6.45) is 1.22. The predicted molar refractivity (Wildman–Crippen MR) is 55.7 cm³/mol. The molecule has 3 N–H and O–H groups in total. The Hall–Kier alpha value is 2.26. The summed E-state index contributed by atoms with van der Waals surface area (Å²) in [5.41, 5.74) is 0. The summed E-state index contributed by atoms with van der Waals surface area (Å²) in [6, 6.07) is 0. The monoisotopic (exact) mass is 332 g/mol. The summed E-state index contributed by atoms with van der Waals surface area (Å²) in [5, 5.41) is 6.12. The Kier molecular flexibility index (Phi) is 10.2. The minimum Gasteiger partial charge on any atom is -0.776 e. The zero-order valence-electron chi connectivity index (χ0n) is 11.4. The minimum absolute atomic E-state index is 0. The molecule has 1 rings (SSSR count). The van der Waals surface area contributed by atoms with Crippen molar-refractivity contribution in [2.75, 3.05) is 0 Å². The Bertz CT molecular complexity index is 357. The molecule has 0 bridgehead atoms. The molecule has 4 atom stereocenters. The second kappa shape index (κ2) is 8.21. The molecule has 19 heavy (non-hydrogen) atoms. The van der Waals surface area contributed by atoms with Crippen LogP contribution < -0.4 is 68.9 Å². The van der Waals surface area contributed by atoms with E-state index in [0.717, 1.165) is 6.42 Å². The summed E-state index contributed by atoms with van der Waals surface area (Å²) in [7, 11) is -11.2. The number of hydrogen-bond donors (Lipinski definition) is 3. The first kappa shape index (κ1) is 23.5. The normalized spacial score (nSPS) is 32.1. The van der Waals surface area contributed by atoms with Gasteiger partial charge in [0.15, 0.2) is 20.3 Å². The first-order chi connectivity index (χ1) is 7.47. The van der Waals surface area contributed by atoms with Crippen molar-refractivity contribution < 1.29 is 92.9 Å². The first-order valence-electron chi connectivity index (χ1n) is 5.27. The Morgan fingerprint density at radius 1 is 1.16 bits per heavy atom.